The first-order valence-corrected chi connectivity index (χ1v) is 8.37. The van der Waals surface area contributed by atoms with Crippen LogP contribution < -0.4 is 9.04 Å². The number of anilines is 1. The van der Waals surface area contributed by atoms with Gasteiger partial charge in [0.05, 0.1) is 24.3 Å². The molecule has 0 atom stereocenters. The molecule has 2 aromatic carbocycles. The molecule has 126 valence electrons. The van der Waals surface area contributed by atoms with Gasteiger partial charge in [-0.3, -0.25) is 14.4 Å². The van der Waals surface area contributed by atoms with E-state index >= 15 is 0 Å². The van der Waals surface area contributed by atoms with E-state index in [1.165, 1.54) is 37.5 Å². The van der Waals surface area contributed by atoms with Crippen molar-refractivity contribution in [2.24, 2.45) is 0 Å². The van der Waals surface area contributed by atoms with Gasteiger partial charge in [-0.2, -0.15) is 0 Å². The minimum Gasteiger partial charge on any atom is -0.497 e. The maximum absolute atomic E-state index is 13.0. The molecule has 24 heavy (non-hydrogen) atoms. The summed E-state index contributed by atoms with van der Waals surface area (Å²) in [5.74, 6) is 0.472. The number of ether oxygens (including phenoxy) is 1. The van der Waals surface area contributed by atoms with E-state index in [9.17, 15) is 18.5 Å². The van der Waals surface area contributed by atoms with E-state index in [0.29, 0.717) is 11.4 Å². The lowest BCUT2D eigenvalue weighted by atomic mass is 10.3. The molecule has 0 N–H and O–H groups in total. The van der Waals surface area contributed by atoms with Gasteiger partial charge >= 0.3 is 0 Å². The number of rotatable bonds is 7. The summed E-state index contributed by atoms with van der Waals surface area (Å²) in [6.45, 7) is 3.52. The lowest BCUT2D eigenvalue weighted by Gasteiger charge is -2.23. The fourth-order valence-electron chi connectivity index (χ4n) is 2.17. The molecule has 0 aromatic heterocycles. The molecule has 7 nitrogen and oxygen atoms in total. The second kappa shape index (κ2) is 7.14. The van der Waals surface area contributed by atoms with Crippen LogP contribution in [0, 0.1) is 10.1 Å². The summed E-state index contributed by atoms with van der Waals surface area (Å²) >= 11 is 0. The van der Waals surface area contributed by atoms with E-state index in [4.69, 9.17) is 4.74 Å². The molecule has 0 bridgehead atoms. The van der Waals surface area contributed by atoms with Crippen molar-refractivity contribution in [3.8, 4) is 5.75 Å². The van der Waals surface area contributed by atoms with Gasteiger partial charge in [0.15, 0.2) is 4.90 Å². The summed E-state index contributed by atoms with van der Waals surface area (Å²) in [7, 11) is -2.69. The van der Waals surface area contributed by atoms with Crippen molar-refractivity contribution in [2.75, 3.05) is 18.0 Å². The lowest BCUT2D eigenvalue weighted by molar-refractivity contribution is -0.387. The fourth-order valence-corrected chi connectivity index (χ4v) is 3.76. The van der Waals surface area contributed by atoms with Crippen LogP contribution in [0.4, 0.5) is 11.4 Å². The Morgan fingerprint density at radius 2 is 1.96 bits per heavy atom. The number of nitrogens with zero attached hydrogens (tertiary/aromatic N) is 2. The van der Waals surface area contributed by atoms with Crippen molar-refractivity contribution in [2.45, 2.75) is 4.90 Å². The van der Waals surface area contributed by atoms with Gasteiger partial charge in [0, 0.05) is 12.1 Å². The Bertz CT molecular complexity index is 864. The minimum atomic E-state index is -4.15. The first kappa shape index (κ1) is 17.5. The molecule has 8 heteroatoms. The Kier molecular flexibility index (Phi) is 5.20. The molecule has 0 heterocycles. The van der Waals surface area contributed by atoms with E-state index in [-0.39, 0.29) is 11.4 Å². The zero-order valence-electron chi connectivity index (χ0n) is 13.0. The SMILES string of the molecule is C=CCN(c1cccc(OC)c1)S(=O)(=O)c1ccccc1[N+](=O)[O-]. The zero-order valence-corrected chi connectivity index (χ0v) is 13.8. The van der Waals surface area contributed by atoms with E-state index < -0.39 is 20.6 Å². The van der Waals surface area contributed by atoms with Crippen molar-refractivity contribution < 1.29 is 18.1 Å². The molecule has 0 radical (unpaired) electrons. The molecule has 0 amide bonds. The van der Waals surface area contributed by atoms with Crippen LogP contribution in [0.3, 0.4) is 0 Å². The highest BCUT2D eigenvalue weighted by Crippen LogP contribution is 2.31. The molecule has 0 aliphatic rings. The quantitative estimate of drug-likeness (QED) is 0.436. The first-order chi connectivity index (χ1) is 11.4. The van der Waals surface area contributed by atoms with Crippen molar-refractivity contribution in [1.29, 1.82) is 0 Å². The largest absolute Gasteiger partial charge is 0.497 e. The maximum atomic E-state index is 13.0. The molecule has 0 fully saturated rings. The van der Waals surface area contributed by atoms with E-state index in [1.54, 1.807) is 18.2 Å². The number of sulfonamides is 1. The number of hydrogen-bond donors (Lipinski definition) is 0. The number of nitro benzene ring substituents is 1. The number of hydrogen-bond acceptors (Lipinski definition) is 5. The fraction of sp³-hybridized carbons (Fsp3) is 0.125. The summed E-state index contributed by atoms with van der Waals surface area (Å²) < 4.78 is 32.1. The third kappa shape index (κ3) is 3.38. The van der Waals surface area contributed by atoms with E-state index in [0.717, 1.165) is 10.4 Å². The number of benzene rings is 2. The summed E-state index contributed by atoms with van der Waals surface area (Å²) in [5, 5.41) is 11.2. The Hall–Kier alpha value is -2.87. The van der Waals surface area contributed by atoms with Crippen LogP contribution >= 0.6 is 0 Å². The molecule has 0 aliphatic heterocycles. The number of methoxy groups -OCH3 is 1. The molecule has 0 saturated carbocycles. The average Bonchev–Trinajstić information content (AvgIpc) is 2.59. The summed E-state index contributed by atoms with van der Waals surface area (Å²) in [6.07, 6.45) is 1.41. The minimum absolute atomic E-state index is 0.0401. The van der Waals surface area contributed by atoms with Crippen molar-refractivity contribution in [1.82, 2.24) is 0 Å². The summed E-state index contributed by atoms with van der Waals surface area (Å²) in [5.41, 5.74) is -0.151. The Labute approximate surface area is 140 Å². The van der Waals surface area contributed by atoms with Crippen LogP contribution in [0.2, 0.25) is 0 Å². The van der Waals surface area contributed by atoms with Crippen molar-refractivity contribution in [3.05, 3.63) is 71.3 Å². The van der Waals surface area contributed by atoms with Gasteiger partial charge < -0.3 is 4.74 Å². The van der Waals surface area contributed by atoms with Gasteiger partial charge in [-0.1, -0.05) is 24.3 Å². The van der Waals surface area contributed by atoms with Crippen LogP contribution in [0.15, 0.2) is 66.1 Å². The average molecular weight is 348 g/mol. The maximum Gasteiger partial charge on any atom is 0.289 e. The van der Waals surface area contributed by atoms with Gasteiger partial charge in [0.1, 0.15) is 5.75 Å². The third-order valence-electron chi connectivity index (χ3n) is 3.27. The lowest BCUT2D eigenvalue weighted by Crippen LogP contribution is -2.31. The molecule has 0 saturated heterocycles. The third-order valence-corrected chi connectivity index (χ3v) is 5.11. The predicted molar refractivity (Wildman–Crippen MR) is 90.8 cm³/mol. The number of nitro groups is 1. The molecule has 0 aliphatic carbocycles. The van der Waals surface area contributed by atoms with E-state index in [1.807, 2.05) is 0 Å². The van der Waals surface area contributed by atoms with Gasteiger partial charge in [-0.25, -0.2) is 8.42 Å². The van der Waals surface area contributed by atoms with E-state index in [2.05, 4.69) is 6.58 Å². The topological polar surface area (TPSA) is 89.8 Å². The van der Waals surface area contributed by atoms with Crippen molar-refractivity contribution >= 4 is 21.4 Å². The van der Waals surface area contributed by atoms with Gasteiger partial charge in [0.25, 0.3) is 15.7 Å². The van der Waals surface area contributed by atoms with Crippen LogP contribution in [-0.4, -0.2) is 27.0 Å². The molecular weight excluding hydrogens is 332 g/mol. The monoisotopic (exact) mass is 348 g/mol. The van der Waals surface area contributed by atoms with Crippen LogP contribution in [0.25, 0.3) is 0 Å². The Morgan fingerprint density at radius 1 is 1.25 bits per heavy atom. The second-order valence-corrected chi connectivity index (χ2v) is 6.58. The standard InChI is InChI=1S/C16H16N2O5S/c1-3-11-17(13-7-6-8-14(12-13)23-2)24(21,22)16-10-5-4-9-15(16)18(19)20/h3-10,12H,1,11H2,2H3. The van der Waals surface area contributed by atoms with Crippen molar-refractivity contribution in [3.63, 3.8) is 0 Å². The second-order valence-electron chi connectivity index (χ2n) is 4.75. The normalized spacial score (nSPS) is 10.9. The zero-order chi connectivity index (χ0) is 17.7. The summed E-state index contributed by atoms with van der Waals surface area (Å²) in [6, 6.07) is 11.7. The number of para-hydroxylation sites is 1. The Morgan fingerprint density at radius 3 is 2.58 bits per heavy atom. The summed E-state index contributed by atoms with van der Waals surface area (Å²) in [4.78, 5) is 10.1. The Balaban J connectivity index is 2.62. The molecular formula is C16H16N2O5S. The highest BCUT2D eigenvalue weighted by molar-refractivity contribution is 7.93. The molecule has 0 unspecified atom stereocenters. The van der Waals surface area contributed by atoms with Gasteiger partial charge in [-0.15, -0.1) is 6.58 Å². The highest BCUT2D eigenvalue weighted by Gasteiger charge is 2.31. The van der Waals surface area contributed by atoms with Gasteiger partial charge in [0.2, 0.25) is 0 Å². The van der Waals surface area contributed by atoms with Crippen LogP contribution in [0.1, 0.15) is 0 Å². The molecule has 2 aromatic rings. The van der Waals surface area contributed by atoms with Gasteiger partial charge in [-0.05, 0) is 18.2 Å². The highest BCUT2D eigenvalue weighted by atomic mass is 32.2. The smallest absolute Gasteiger partial charge is 0.289 e. The van der Waals surface area contributed by atoms with Crippen LogP contribution in [0.5, 0.6) is 5.75 Å². The first-order valence-electron chi connectivity index (χ1n) is 6.93. The predicted octanol–water partition coefficient (Wildman–Crippen LogP) is 2.98. The molecule has 2 rings (SSSR count). The molecule has 0 spiro atoms. The van der Waals surface area contributed by atoms with Crippen LogP contribution in [-0.2, 0) is 10.0 Å².